The van der Waals surface area contributed by atoms with Gasteiger partial charge in [-0.2, -0.15) is 5.10 Å². The fourth-order valence-corrected chi connectivity index (χ4v) is 3.09. The maximum absolute atomic E-state index is 12.7. The molecule has 0 aliphatic carbocycles. The number of aromatic amines is 1. The summed E-state index contributed by atoms with van der Waals surface area (Å²) in [4.78, 5) is 39.8. The Bertz CT molecular complexity index is 959. The molecular formula is C17H19N7O2. The van der Waals surface area contributed by atoms with E-state index in [0.29, 0.717) is 24.1 Å². The Hall–Kier alpha value is -3.07. The van der Waals surface area contributed by atoms with Crippen molar-refractivity contribution in [3.63, 3.8) is 0 Å². The van der Waals surface area contributed by atoms with Crippen molar-refractivity contribution in [1.82, 2.24) is 34.5 Å². The molecular weight excluding hydrogens is 334 g/mol. The first-order chi connectivity index (χ1) is 12.7. The fourth-order valence-electron chi connectivity index (χ4n) is 3.09. The lowest BCUT2D eigenvalue weighted by Gasteiger charge is -2.34. The van der Waals surface area contributed by atoms with Crippen molar-refractivity contribution in [2.45, 2.75) is 6.54 Å². The van der Waals surface area contributed by atoms with Crippen molar-refractivity contribution in [2.75, 3.05) is 32.7 Å². The van der Waals surface area contributed by atoms with Crippen LogP contribution in [0.5, 0.6) is 0 Å². The first-order valence-electron chi connectivity index (χ1n) is 8.54. The van der Waals surface area contributed by atoms with Gasteiger partial charge in [-0.15, -0.1) is 0 Å². The van der Waals surface area contributed by atoms with Crippen LogP contribution in [0.1, 0.15) is 10.5 Å². The summed E-state index contributed by atoms with van der Waals surface area (Å²) in [5, 5.41) is 4.09. The van der Waals surface area contributed by atoms with E-state index in [1.165, 1.54) is 6.33 Å². The van der Waals surface area contributed by atoms with E-state index < -0.39 is 5.56 Å². The molecule has 1 aliphatic heterocycles. The molecule has 0 saturated carbocycles. The summed E-state index contributed by atoms with van der Waals surface area (Å²) in [6, 6.07) is 7.20. The molecule has 3 heterocycles. The highest BCUT2D eigenvalue weighted by atomic mass is 16.2. The first-order valence-corrected chi connectivity index (χ1v) is 8.54. The topological polar surface area (TPSA) is 100 Å². The molecule has 1 aliphatic rings. The van der Waals surface area contributed by atoms with Crippen molar-refractivity contribution < 1.29 is 4.79 Å². The van der Waals surface area contributed by atoms with E-state index >= 15 is 0 Å². The van der Waals surface area contributed by atoms with E-state index in [4.69, 9.17) is 0 Å². The van der Waals surface area contributed by atoms with E-state index in [0.717, 1.165) is 26.2 Å². The number of nitrogens with zero attached hydrogens (tertiary/aromatic N) is 6. The average Bonchev–Trinajstić information content (AvgIpc) is 3.19. The molecule has 1 amide bonds. The number of amides is 1. The third-order valence-electron chi connectivity index (χ3n) is 4.57. The third-order valence-corrected chi connectivity index (χ3v) is 4.57. The van der Waals surface area contributed by atoms with Gasteiger partial charge in [0.1, 0.15) is 12.7 Å². The van der Waals surface area contributed by atoms with Crippen LogP contribution in [0.2, 0.25) is 0 Å². The summed E-state index contributed by atoms with van der Waals surface area (Å²) in [5.41, 5.74) is 0.760. The lowest BCUT2D eigenvalue weighted by Crippen LogP contribution is -2.50. The van der Waals surface area contributed by atoms with E-state index in [1.54, 1.807) is 28.0 Å². The molecule has 4 rings (SSSR count). The zero-order valence-electron chi connectivity index (χ0n) is 14.2. The van der Waals surface area contributed by atoms with Crippen molar-refractivity contribution >= 4 is 16.9 Å². The second-order valence-corrected chi connectivity index (χ2v) is 6.22. The van der Waals surface area contributed by atoms with Gasteiger partial charge in [-0.05, 0) is 12.1 Å². The van der Waals surface area contributed by atoms with Gasteiger partial charge in [-0.3, -0.25) is 19.2 Å². The molecule has 0 atom stereocenters. The van der Waals surface area contributed by atoms with Gasteiger partial charge in [-0.1, -0.05) is 12.1 Å². The number of hydrogen-bond donors (Lipinski definition) is 1. The predicted octanol–water partition coefficient (Wildman–Crippen LogP) is -0.0274. The normalized spacial score (nSPS) is 15.5. The molecule has 3 aromatic rings. The van der Waals surface area contributed by atoms with Gasteiger partial charge in [0.25, 0.3) is 11.5 Å². The van der Waals surface area contributed by atoms with Gasteiger partial charge in [0.2, 0.25) is 0 Å². The summed E-state index contributed by atoms with van der Waals surface area (Å²) in [6.07, 6.45) is 3.21. The number of carbonyl (C=O) groups excluding carboxylic acids is 1. The van der Waals surface area contributed by atoms with Crippen LogP contribution in [-0.4, -0.2) is 73.2 Å². The van der Waals surface area contributed by atoms with Crippen molar-refractivity contribution in [3.8, 4) is 0 Å². The Morgan fingerprint density at radius 1 is 1.12 bits per heavy atom. The molecule has 1 aromatic carbocycles. The monoisotopic (exact) mass is 353 g/mol. The minimum absolute atomic E-state index is 0.0419. The molecule has 2 aromatic heterocycles. The number of carbonyl (C=O) groups is 1. The molecule has 0 unspecified atom stereocenters. The molecule has 1 saturated heterocycles. The lowest BCUT2D eigenvalue weighted by atomic mass is 10.2. The van der Waals surface area contributed by atoms with Crippen molar-refractivity contribution in [1.29, 1.82) is 0 Å². The number of nitrogens with one attached hydrogen (secondary N) is 1. The van der Waals surface area contributed by atoms with Gasteiger partial charge >= 0.3 is 0 Å². The number of rotatable bonds is 4. The van der Waals surface area contributed by atoms with E-state index in [2.05, 4.69) is 25.0 Å². The second-order valence-electron chi connectivity index (χ2n) is 6.22. The zero-order chi connectivity index (χ0) is 17.9. The summed E-state index contributed by atoms with van der Waals surface area (Å²) in [6.45, 7) is 4.27. The largest absolute Gasteiger partial charge is 0.335 e. The molecule has 0 radical (unpaired) electrons. The van der Waals surface area contributed by atoms with Crippen LogP contribution >= 0.6 is 0 Å². The van der Waals surface area contributed by atoms with E-state index in [1.807, 2.05) is 12.1 Å². The number of fused-ring (bicyclic) bond motifs is 1. The minimum atomic E-state index is -0.442. The SMILES string of the molecule is O=C(c1nc2ccccc2[nH]c1=O)N1CCN(CCn2cncn2)CC1. The van der Waals surface area contributed by atoms with Crippen LogP contribution in [0, 0.1) is 0 Å². The minimum Gasteiger partial charge on any atom is -0.335 e. The number of para-hydroxylation sites is 2. The average molecular weight is 353 g/mol. The van der Waals surface area contributed by atoms with Gasteiger partial charge in [0.05, 0.1) is 17.6 Å². The fraction of sp³-hybridized carbons (Fsp3) is 0.353. The van der Waals surface area contributed by atoms with E-state index in [9.17, 15) is 9.59 Å². The Morgan fingerprint density at radius 3 is 2.69 bits per heavy atom. The number of aromatic nitrogens is 5. The van der Waals surface area contributed by atoms with Gasteiger partial charge in [0, 0.05) is 32.7 Å². The highest BCUT2D eigenvalue weighted by Gasteiger charge is 2.25. The first kappa shape index (κ1) is 16.4. The lowest BCUT2D eigenvalue weighted by molar-refractivity contribution is 0.0624. The van der Waals surface area contributed by atoms with Crippen LogP contribution in [0.3, 0.4) is 0 Å². The van der Waals surface area contributed by atoms with Gasteiger partial charge in [-0.25, -0.2) is 9.97 Å². The molecule has 9 heteroatoms. The van der Waals surface area contributed by atoms with Crippen LogP contribution < -0.4 is 5.56 Å². The quantitative estimate of drug-likeness (QED) is 0.707. The Morgan fingerprint density at radius 2 is 1.92 bits per heavy atom. The summed E-state index contributed by atoms with van der Waals surface area (Å²) in [5.74, 6) is -0.312. The highest BCUT2D eigenvalue weighted by molar-refractivity contribution is 5.93. The maximum Gasteiger partial charge on any atom is 0.280 e. The van der Waals surface area contributed by atoms with E-state index in [-0.39, 0.29) is 11.6 Å². The molecule has 134 valence electrons. The number of benzene rings is 1. The van der Waals surface area contributed by atoms with Gasteiger partial charge in [0.15, 0.2) is 5.69 Å². The Labute approximate surface area is 149 Å². The highest BCUT2D eigenvalue weighted by Crippen LogP contribution is 2.09. The summed E-state index contributed by atoms with van der Waals surface area (Å²) < 4.78 is 1.79. The second kappa shape index (κ2) is 7.04. The zero-order valence-corrected chi connectivity index (χ0v) is 14.2. The molecule has 0 bridgehead atoms. The molecule has 26 heavy (non-hydrogen) atoms. The number of piperazine rings is 1. The van der Waals surface area contributed by atoms with Crippen molar-refractivity contribution in [3.05, 3.63) is 53.0 Å². The van der Waals surface area contributed by atoms with Crippen LogP contribution in [0.25, 0.3) is 11.0 Å². The predicted molar refractivity (Wildman–Crippen MR) is 94.7 cm³/mol. The van der Waals surface area contributed by atoms with Crippen LogP contribution in [0.15, 0.2) is 41.7 Å². The Kier molecular flexibility index (Phi) is 4.44. The number of hydrogen-bond acceptors (Lipinski definition) is 6. The van der Waals surface area contributed by atoms with Crippen molar-refractivity contribution in [2.24, 2.45) is 0 Å². The summed E-state index contributed by atoms with van der Waals surface area (Å²) >= 11 is 0. The standard InChI is InChI=1S/C17H19N7O2/c25-16-15(20-13-3-1-2-4-14(13)21-16)17(26)23-8-5-22(6-9-23)7-10-24-12-18-11-19-24/h1-4,11-12H,5-10H2,(H,21,25). The van der Waals surface area contributed by atoms with Crippen LogP contribution in [0.4, 0.5) is 0 Å². The number of H-pyrrole nitrogens is 1. The summed E-state index contributed by atoms with van der Waals surface area (Å²) in [7, 11) is 0. The smallest absolute Gasteiger partial charge is 0.280 e. The maximum atomic E-state index is 12.7. The molecule has 0 spiro atoms. The molecule has 1 fully saturated rings. The molecule has 9 nitrogen and oxygen atoms in total. The Balaban J connectivity index is 1.40. The third kappa shape index (κ3) is 3.33. The molecule has 1 N–H and O–H groups in total. The van der Waals surface area contributed by atoms with Gasteiger partial charge < -0.3 is 9.88 Å². The van der Waals surface area contributed by atoms with Crippen LogP contribution in [-0.2, 0) is 6.54 Å².